The van der Waals surface area contributed by atoms with Crippen molar-refractivity contribution in [1.29, 1.82) is 0 Å². The maximum absolute atomic E-state index is 12.2. The van der Waals surface area contributed by atoms with Crippen LogP contribution in [0, 0.1) is 0 Å². The Morgan fingerprint density at radius 2 is 1.65 bits per heavy atom. The fourth-order valence-electron chi connectivity index (χ4n) is 2.33. The van der Waals surface area contributed by atoms with Gasteiger partial charge in [-0.25, -0.2) is 0 Å². The van der Waals surface area contributed by atoms with Gasteiger partial charge in [-0.1, -0.05) is 59.6 Å². The Kier molecular flexibility index (Phi) is 7.45. The van der Waals surface area contributed by atoms with Gasteiger partial charge in [-0.15, -0.1) is 0 Å². The second-order valence-electron chi connectivity index (χ2n) is 5.91. The van der Waals surface area contributed by atoms with E-state index in [1.807, 2.05) is 37.3 Å². The van der Waals surface area contributed by atoms with Gasteiger partial charge < -0.3 is 15.5 Å². The lowest BCUT2D eigenvalue weighted by Gasteiger charge is -2.20. The molecule has 0 saturated heterocycles. The molecule has 0 unspecified atom stereocenters. The zero-order valence-corrected chi connectivity index (χ0v) is 16.1. The average molecular weight is 394 g/mol. The van der Waals surface area contributed by atoms with Crippen molar-refractivity contribution < 1.29 is 9.59 Å². The highest BCUT2D eigenvalue weighted by atomic mass is 35.5. The molecule has 0 aliphatic heterocycles. The van der Waals surface area contributed by atoms with E-state index in [0.717, 1.165) is 5.56 Å². The first-order valence-corrected chi connectivity index (χ1v) is 8.90. The molecule has 0 aromatic heterocycles. The van der Waals surface area contributed by atoms with Gasteiger partial charge in [0.05, 0.1) is 28.8 Å². The van der Waals surface area contributed by atoms with Crippen LogP contribution >= 0.6 is 23.2 Å². The van der Waals surface area contributed by atoms with Crippen LogP contribution in [-0.4, -0.2) is 36.9 Å². The maximum atomic E-state index is 12.2. The molecule has 1 atom stereocenters. The monoisotopic (exact) mass is 393 g/mol. The van der Waals surface area contributed by atoms with Crippen molar-refractivity contribution in [3.05, 3.63) is 64.1 Å². The standard InChI is InChI=1S/C19H21Cl2N3O2/c1-13(14-7-4-3-5-8-14)22-11-18(26)24(2)12-17(25)23-19-15(20)9-6-10-16(19)21/h3-10,13,22H,11-12H2,1-2H3,(H,23,25)/t13-/m0/s1. The van der Waals surface area contributed by atoms with Gasteiger partial charge in [-0.3, -0.25) is 9.59 Å². The number of carbonyl (C=O) groups is 2. The molecule has 5 nitrogen and oxygen atoms in total. The van der Waals surface area contributed by atoms with Crippen LogP contribution in [0.4, 0.5) is 5.69 Å². The van der Waals surface area contributed by atoms with Crippen LogP contribution in [0.2, 0.25) is 10.0 Å². The number of para-hydroxylation sites is 1. The zero-order chi connectivity index (χ0) is 19.1. The molecule has 7 heteroatoms. The number of benzene rings is 2. The Morgan fingerprint density at radius 3 is 2.27 bits per heavy atom. The van der Waals surface area contributed by atoms with Crippen LogP contribution in [0.15, 0.2) is 48.5 Å². The van der Waals surface area contributed by atoms with Gasteiger partial charge in [-0.05, 0) is 24.6 Å². The van der Waals surface area contributed by atoms with Crippen LogP contribution < -0.4 is 10.6 Å². The van der Waals surface area contributed by atoms with Crippen molar-refractivity contribution in [2.75, 3.05) is 25.5 Å². The van der Waals surface area contributed by atoms with Gasteiger partial charge in [-0.2, -0.15) is 0 Å². The first-order valence-electron chi connectivity index (χ1n) is 8.14. The number of amides is 2. The summed E-state index contributed by atoms with van der Waals surface area (Å²) in [4.78, 5) is 25.7. The highest BCUT2D eigenvalue weighted by Gasteiger charge is 2.16. The molecule has 2 amide bonds. The van der Waals surface area contributed by atoms with Crippen molar-refractivity contribution >= 4 is 40.7 Å². The van der Waals surface area contributed by atoms with E-state index < -0.39 is 0 Å². The Balaban J connectivity index is 1.83. The van der Waals surface area contributed by atoms with E-state index in [-0.39, 0.29) is 30.9 Å². The number of carbonyl (C=O) groups excluding carboxylic acids is 2. The number of nitrogens with zero attached hydrogens (tertiary/aromatic N) is 1. The van der Waals surface area contributed by atoms with E-state index in [2.05, 4.69) is 10.6 Å². The molecule has 0 heterocycles. The first kappa shape index (κ1) is 20.2. The normalized spacial score (nSPS) is 11.7. The highest BCUT2D eigenvalue weighted by molar-refractivity contribution is 6.39. The minimum atomic E-state index is -0.369. The summed E-state index contributed by atoms with van der Waals surface area (Å²) < 4.78 is 0. The lowest BCUT2D eigenvalue weighted by Crippen LogP contribution is -2.40. The molecule has 26 heavy (non-hydrogen) atoms. The molecule has 0 fully saturated rings. The van der Waals surface area contributed by atoms with Crippen molar-refractivity contribution in [2.45, 2.75) is 13.0 Å². The van der Waals surface area contributed by atoms with E-state index in [9.17, 15) is 9.59 Å². The predicted molar refractivity (Wildman–Crippen MR) is 106 cm³/mol. The van der Waals surface area contributed by atoms with E-state index in [1.54, 1.807) is 25.2 Å². The third-order valence-electron chi connectivity index (χ3n) is 3.89. The summed E-state index contributed by atoms with van der Waals surface area (Å²) in [7, 11) is 1.57. The molecule has 0 radical (unpaired) electrons. The summed E-state index contributed by atoms with van der Waals surface area (Å²) in [6.07, 6.45) is 0. The lowest BCUT2D eigenvalue weighted by molar-refractivity contribution is -0.132. The summed E-state index contributed by atoms with van der Waals surface area (Å²) in [6.45, 7) is 2.02. The van der Waals surface area contributed by atoms with Crippen LogP contribution in [-0.2, 0) is 9.59 Å². The predicted octanol–water partition coefficient (Wildman–Crippen LogP) is 3.74. The number of halogens is 2. The number of hydrogen-bond acceptors (Lipinski definition) is 3. The van der Waals surface area contributed by atoms with Gasteiger partial charge in [0.1, 0.15) is 0 Å². The van der Waals surface area contributed by atoms with E-state index in [4.69, 9.17) is 23.2 Å². The molecule has 0 spiro atoms. The van der Waals surface area contributed by atoms with E-state index >= 15 is 0 Å². The minimum Gasteiger partial charge on any atom is -0.335 e. The van der Waals surface area contributed by atoms with Crippen LogP contribution in [0.1, 0.15) is 18.5 Å². The smallest absolute Gasteiger partial charge is 0.244 e. The zero-order valence-electron chi connectivity index (χ0n) is 14.6. The molecular weight excluding hydrogens is 373 g/mol. The number of nitrogens with one attached hydrogen (secondary N) is 2. The van der Waals surface area contributed by atoms with Crippen LogP contribution in [0.3, 0.4) is 0 Å². The molecule has 2 rings (SSSR count). The van der Waals surface area contributed by atoms with Gasteiger partial charge in [0, 0.05) is 13.1 Å². The molecular formula is C19H21Cl2N3O2. The molecule has 2 aromatic rings. The minimum absolute atomic E-state index is 0.0318. The van der Waals surface area contributed by atoms with E-state index in [1.165, 1.54) is 4.90 Å². The Labute approximate surface area is 163 Å². The summed E-state index contributed by atoms with van der Waals surface area (Å²) in [5.41, 5.74) is 1.44. The van der Waals surface area contributed by atoms with Crippen LogP contribution in [0.5, 0.6) is 0 Å². The van der Waals surface area contributed by atoms with Crippen molar-refractivity contribution in [2.24, 2.45) is 0 Å². The third-order valence-corrected chi connectivity index (χ3v) is 4.52. The summed E-state index contributed by atoms with van der Waals surface area (Å²) >= 11 is 12.1. The fraction of sp³-hybridized carbons (Fsp3) is 0.263. The molecule has 138 valence electrons. The summed E-state index contributed by atoms with van der Waals surface area (Å²) in [5, 5.41) is 6.48. The Bertz CT molecular complexity index is 748. The number of rotatable bonds is 7. The Morgan fingerprint density at radius 1 is 1.04 bits per heavy atom. The maximum Gasteiger partial charge on any atom is 0.244 e. The first-order chi connectivity index (χ1) is 12.4. The highest BCUT2D eigenvalue weighted by Crippen LogP contribution is 2.29. The number of anilines is 1. The Hall–Kier alpha value is -2.08. The number of hydrogen-bond donors (Lipinski definition) is 2. The number of likely N-dealkylation sites (N-methyl/N-ethyl adjacent to an activating group) is 1. The SMILES string of the molecule is C[C@H](NCC(=O)N(C)CC(=O)Nc1c(Cl)cccc1Cl)c1ccccc1. The van der Waals surface area contributed by atoms with Crippen molar-refractivity contribution in [3.8, 4) is 0 Å². The van der Waals surface area contributed by atoms with Gasteiger partial charge >= 0.3 is 0 Å². The van der Waals surface area contributed by atoms with Gasteiger partial charge in [0.15, 0.2) is 0 Å². The van der Waals surface area contributed by atoms with Gasteiger partial charge in [0.25, 0.3) is 0 Å². The molecule has 0 bridgehead atoms. The third kappa shape index (κ3) is 5.73. The molecule has 0 saturated carbocycles. The van der Waals surface area contributed by atoms with Gasteiger partial charge in [0.2, 0.25) is 11.8 Å². The van der Waals surface area contributed by atoms with Crippen LogP contribution in [0.25, 0.3) is 0 Å². The summed E-state index contributed by atoms with van der Waals surface area (Å²) in [6, 6.07) is 14.8. The molecule has 0 aliphatic rings. The van der Waals surface area contributed by atoms with Crippen molar-refractivity contribution in [1.82, 2.24) is 10.2 Å². The largest absolute Gasteiger partial charge is 0.335 e. The average Bonchev–Trinajstić information content (AvgIpc) is 2.63. The second-order valence-corrected chi connectivity index (χ2v) is 6.72. The van der Waals surface area contributed by atoms with E-state index in [0.29, 0.717) is 15.7 Å². The fourth-order valence-corrected chi connectivity index (χ4v) is 2.83. The lowest BCUT2D eigenvalue weighted by atomic mass is 10.1. The summed E-state index contributed by atoms with van der Waals surface area (Å²) in [5.74, 6) is -0.555. The van der Waals surface area contributed by atoms with Crippen molar-refractivity contribution in [3.63, 3.8) is 0 Å². The quantitative estimate of drug-likeness (QED) is 0.752. The topological polar surface area (TPSA) is 61.4 Å². The molecule has 2 aromatic carbocycles. The molecule has 0 aliphatic carbocycles. The molecule has 2 N–H and O–H groups in total. The second kappa shape index (κ2) is 9.57.